The monoisotopic (exact) mass is 518 g/mol. The van der Waals surface area contributed by atoms with Gasteiger partial charge in [0.1, 0.15) is 5.75 Å². The van der Waals surface area contributed by atoms with Gasteiger partial charge in [0.15, 0.2) is 6.23 Å². The molecule has 1 atom stereocenters. The fourth-order valence-electron chi connectivity index (χ4n) is 3.94. The van der Waals surface area contributed by atoms with Gasteiger partial charge in [-0.25, -0.2) is 4.79 Å². The standard InChI is InChI=1S/C25H31BrN2O3S/c1-6-23(28(7-2)8-3)31-25(29)24-18-14-22(30-5)19(26)15-20(18)27(4)21(24)16-32-17-12-10-9-11-13-17/h9-15,23H,6-8,16H2,1-5H3. The van der Waals surface area contributed by atoms with Gasteiger partial charge < -0.3 is 14.0 Å². The molecule has 0 radical (unpaired) electrons. The van der Waals surface area contributed by atoms with Crippen LogP contribution in [-0.4, -0.2) is 41.9 Å². The Hall–Kier alpha value is -1.96. The Morgan fingerprint density at radius 2 is 1.84 bits per heavy atom. The van der Waals surface area contributed by atoms with Gasteiger partial charge in [-0.2, -0.15) is 0 Å². The second-order valence-corrected chi connectivity index (χ2v) is 9.38. The minimum Gasteiger partial charge on any atom is -0.496 e. The van der Waals surface area contributed by atoms with Gasteiger partial charge in [0, 0.05) is 28.8 Å². The third-order valence-corrected chi connectivity index (χ3v) is 7.37. The normalized spacial score (nSPS) is 12.3. The molecule has 1 unspecified atom stereocenters. The largest absolute Gasteiger partial charge is 0.496 e. The number of methoxy groups -OCH3 is 1. The highest BCUT2D eigenvalue weighted by atomic mass is 79.9. The maximum Gasteiger partial charge on any atom is 0.342 e. The number of ether oxygens (including phenoxy) is 2. The van der Waals surface area contributed by atoms with Crippen LogP contribution in [0.25, 0.3) is 10.9 Å². The summed E-state index contributed by atoms with van der Waals surface area (Å²) < 4.78 is 14.5. The number of halogens is 1. The van der Waals surface area contributed by atoms with E-state index in [1.54, 1.807) is 18.9 Å². The van der Waals surface area contributed by atoms with Crippen molar-refractivity contribution in [3.8, 4) is 5.75 Å². The number of esters is 1. The molecule has 0 saturated heterocycles. The molecule has 0 N–H and O–H groups in total. The van der Waals surface area contributed by atoms with Crippen LogP contribution in [0, 0.1) is 0 Å². The molecule has 0 aliphatic rings. The molecule has 0 aliphatic heterocycles. The van der Waals surface area contributed by atoms with Gasteiger partial charge >= 0.3 is 5.97 Å². The SMILES string of the molecule is CCC(OC(=O)c1c(CSc2ccccc2)n(C)c2cc(Br)c(OC)cc12)N(CC)CC. The lowest BCUT2D eigenvalue weighted by molar-refractivity contribution is -0.0305. The molecule has 0 bridgehead atoms. The number of rotatable bonds is 10. The van der Waals surface area contributed by atoms with E-state index in [1.807, 2.05) is 44.3 Å². The second-order valence-electron chi connectivity index (χ2n) is 7.48. The van der Waals surface area contributed by atoms with Gasteiger partial charge in [-0.05, 0) is 59.7 Å². The molecule has 0 saturated carbocycles. The third-order valence-electron chi connectivity index (χ3n) is 5.73. The molecule has 0 amide bonds. The number of aryl methyl sites for hydroxylation is 1. The molecule has 5 nitrogen and oxygen atoms in total. The van der Waals surface area contributed by atoms with Gasteiger partial charge in [0.05, 0.1) is 22.7 Å². The van der Waals surface area contributed by atoms with Crippen molar-refractivity contribution >= 4 is 44.6 Å². The molecule has 0 spiro atoms. The number of benzene rings is 2. The van der Waals surface area contributed by atoms with Crippen molar-refractivity contribution < 1.29 is 14.3 Å². The number of aromatic nitrogens is 1. The van der Waals surface area contributed by atoms with Crippen molar-refractivity contribution in [3.05, 3.63) is 58.2 Å². The second kappa shape index (κ2) is 11.3. The lowest BCUT2D eigenvalue weighted by atomic mass is 10.1. The molecule has 1 aromatic heterocycles. The van der Waals surface area contributed by atoms with Gasteiger partial charge in [0.2, 0.25) is 0 Å². The number of hydrogen-bond donors (Lipinski definition) is 0. The summed E-state index contributed by atoms with van der Waals surface area (Å²) in [6.07, 6.45) is 0.487. The van der Waals surface area contributed by atoms with E-state index in [0.29, 0.717) is 17.1 Å². The Morgan fingerprint density at radius 1 is 1.16 bits per heavy atom. The van der Waals surface area contributed by atoms with Gasteiger partial charge in [-0.15, -0.1) is 11.8 Å². The topological polar surface area (TPSA) is 43.7 Å². The summed E-state index contributed by atoms with van der Waals surface area (Å²) in [6.45, 7) is 7.88. The van der Waals surface area contributed by atoms with Crippen LogP contribution in [0.5, 0.6) is 5.75 Å². The zero-order valence-electron chi connectivity index (χ0n) is 19.4. The number of thioether (sulfide) groups is 1. The first-order valence-corrected chi connectivity index (χ1v) is 12.7. The Bertz CT molecular complexity index is 1060. The van der Waals surface area contributed by atoms with E-state index in [4.69, 9.17) is 9.47 Å². The molecule has 172 valence electrons. The highest BCUT2D eigenvalue weighted by molar-refractivity contribution is 9.10. The Balaban J connectivity index is 2.07. The van der Waals surface area contributed by atoms with E-state index in [2.05, 4.69) is 51.4 Å². The van der Waals surface area contributed by atoms with E-state index >= 15 is 0 Å². The number of carbonyl (C=O) groups excluding carboxylic acids is 1. The molecule has 32 heavy (non-hydrogen) atoms. The van der Waals surface area contributed by atoms with E-state index in [1.165, 1.54) is 0 Å². The molecular weight excluding hydrogens is 488 g/mol. The minimum absolute atomic E-state index is 0.250. The maximum atomic E-state index is 13.6. The first-order valence-electron chi connectivity index (χ1n) is 10.9. The molecule has 1 heterocycles. The van der Waals surface area contributed by atoms with Crippen LogP contribution in [0.1, 0.15) is 43.2 Å². The van der Waals surface area contributed by atoms with Crippen LogP contribution in [0.3, 0.4) is 0 Å². The van der Waals surface area contributed by atoms with E-state index < -0.39 is 0 Å². The van der Waals surface area contributed by atoms with Gasteiger partial charge in [0.25, 0.3) is 0 Å². The van der Waals surface area contributed by atoms with Crippen molar-refractivity contribution in [1.82, 2.24) is 9.47 Å². The van der Waals surface area contributed by atoms with Crippen molar-refractivity contribution in [3.63, 3.8) is 0 Å². The summed E-state index contributed by atoms with van der Waals surface area (Å²) in [5.74, 6) is 1.05. The van der Waals surface area contributed by atoms with Crippen molar-refractivity contribution in [1.29, 1.82) is 0 Å². The van der Waals surface area contributed by atoms with Crippen LogP contribution in [-0.2, 0) is 17.5 Å². The summed E-state index contributed by atoms with van der Waals surface area (Å²) in [6, 6.07) is 14.1. The Morgan fingerprint density at radius 3 is 2.44 bits per heavy atom. The van der Waals surface area contributed by atoms with Crippen LogP contribution in [0.4, 0.5) is 0 Å². The highest BCUT2D eigenvalue weighted by Gasteiger charge is 2.27. The van der Waals surface area contributed by atoms with Crippen LogP contribution in [0.15, 0.2) is 51.8 Å². The van der Waals surface area contributed by atoms with Crippen LogP contribution >= 0.6 is 27.7 Å². The fourth-order valence-corrected chi connectivity index (χ4v) is 5.42. The summed E-state index contributed by atoms with van der Waals surface area (Å²) in [4.78, 5) is 16.9. The lowest BCUT2D eigenvalue weighted by Gasteiger charge is -2.28. The first kappa shape index (κ1) is 24.7. The quantitative estimate of drug-likeness (QED) is 0.174. The van der Waals surface area contributed by atoms with E-state index in [-0.39, 0.29) is 12.2 Å². The number of fused-ring (bicyclic) bond motifs is 1. The summed E-state index contributed by atoms with van der Waals surface area (Å²) in [7, 11) is 3.63. The molecular formula is C25H31BrN2O3S. The Labute approximate surface area is 203 Å². The smallest absolute Gasteiger partial charge is 0.342 e. The van der Waals surface area contributed by atoms with Crippen LogP contribution in [0.2, 0.25) is 0 Å². The van der Waals surface area contributed by atoms with Crippen molar-refractivity contribution in [2.45, 2.75) is 44.1 Å². The molecule has 7 heteroatoms. The predicted molar refractivity (Wildman–Crippen MR) is 136 cm³/mol. The zero-order valence-corrected chi connectivity index (χ0v) is 21.8. The average molecular weight is 520 g/mol. The Kier molecular flexibility index (Phi) is 8.68. The van der Waals surface area contributed by atoms with E-state index in [0.717, 1.165) is 45.5 Å². The van der Waals surface area contributed by atoms with Crippen LogP contribution < -0.4 is 4.74 Å². The predicted octanol–water partition coefficient (Wildman–Crippen LogP) is 6.48. The number of carbonyl (C=O) groups is 1. The van der Waals surface area contributed by atoms with Crippen molar-refractivity contribution in [2.75, 3.05) is 20.2 Å². The average Bonchev–Trinajstić information content (AvgIpc) is 3.08. The van der Waals surface area contributed by atoms with Gasteiger partial charge in [-0.1, -0.05) is 39.0 Å². The highest BCUT2D eigenvalue weighted by Crippen LogP contribution is 2.37. The summed E-state index contributed by atoms with van der Waals surface area (Å²) in [5.41, 5.74) is 2.51. The number of nitrogens with zero attached hydrogens (tertiary/aromatic N) is 2. The molecule has 0 fully saturated rings. The zero-order chi connectivity index (χ0) is 23.3. The first-order chi connectivity index (χ1) is 15.4. The minimum atomic E-state index is -0.289. The fraction of sp³-hybridized carbons (Fsp3) is 0.400. The molecule has 3 aromatic rings. The lowest BCUT2D eigenvalue weighted by Crippen LogP contribution is -2.38. The molecule has 2 aromatic carbocycles. The van der Waals surface area contributed by atoms with E-state index in [9.17, 15) is 4.79 Å². The summed E-state index contributed by atoms with van der Waals surface area (Å²) in [5, 5.41) is 0.843. The summed E-state index contributed by atoms with van der Waals surface area (Å²) >= 11 is 5.29. The maximum absolute atomic E-state index is 13.6. The molecule has 0 aliphatic carbocycles. The molecule has 3 rings (SSSR count). The van der Waals surface area contributed by atoms with Crippen molar-refractivity contribution in [2.24, 2.45) is 7.05 Å². The third kappa shape index (κ3) is 5.16. The van der Waals surface area contributed by atoms with Gasteiger partial charge in [-0.3, -0.25) is 4.90 Å². The number of hydrogen-bond acceptors (Lipinski definition) is 5.